The molecule has 1 N–H and O–H groups in total. The summed E-state index contributed by atoms with van der Waals surface area (Å²) in [5.41, 5.74) is 8.59. The highest BCUT2D eigenvalue weighted by Crippen LogP contribution is 2.40. The molecule has 2 saturated heterocycles. The Bertz CT molecular complexity index is 1290. The van der Waals surface area contributed by atoms with E-state index in [1.54, 1.807) is 18.3 Å². The van der Waals surface area contributed by atoms with Crippen LogP contribution in [0.4, 0.5) is 5.82 Å². The summed E-state index contributed by atoms with van der Waals surface area (Å²) >= 11 is 1.24. The van der Waals surface area contributed by atoms with Gasteiger partial charge in [0.2, 0.25) is 5.91 Å². The molecule has 0 aromatic carbocycles. The maximum atomic E-state index is 12.7. The van der Waals surface area contributed by atoms with E-state index in [0.717, 1.165) is 5.56 Å². The zero-order valence-electron chi connectivity index (χ0n) is 18.3. The number of aromatic amines is 1. The van der Waals surface area contributed by atoms with Gasteiger partial charge in [0.15, 0.2) is 0 Å². The summed E-state index contributed by atoms with van der Waals surface area (Å²) in [6, 6.07) is 2.85. The summed E-state index contributed by atoms with van der Waals surface area (Å²) in [4.78, 5) is 60.0. The molecule has 1 amide bonds. The smallest absolute Gasteiger partial charge is 0.330 e. The second kappa shape index (κ2) is 9.71. The zero-order chi connectivity index (χ0) is 24.4. The summed E-state index contributed by atoms with van der Waals surface area (Å²) < 4.78 is 12.0. The number of H-pyrrole nitrogens is 1. The summed E-state index contributed by atoms with van der Waals surface area (Å²) in [6.07, 6.45) is 1.41. The molecule has 4 rings (SSSR count). The first-order chi connectivity index (χ1) is 16.3. The lowest BCUT2D eigenvalue weighted by Gasteiger charge is -2.24. The molecule has 0 aliphatic carbocycles. The average Bonchev–Trinajstić information content (AvgIpc) is 3.36. The van der Waals surface area contributed by atoms with Crippen LogP contribution in [0.2, 0.25) is 0 Å². The molecule has 2 aromatic rings. The zero-order valence-corrected chi connectivity index (χ0v) is 19.1. The summed E-state index contributed by atoms with van der Waals surface area (Å²) in [5, 5.41) is 2.98. The average molecular weight is 487 g/mol. The van der Waals surface area contributed by atoms with E-state index in [1.807, 2.05) is 6.92 Å². The minimum Gasteiger partial charge on any atom is -0.463 e. The molecule has 0 bridgehead atoms. The molecule has 0 saturated carbocycles. The van der Waals surface area contributed by atoms with Crippen molar-refractivity contribution in [3.05, 3.63) is 66.9 Å². The number of thioether (sulfide) groups is 1. The first-order valence-corrected chi connectivity index (χ1v) is 11.4. The number of aromatic nitrogens is 3. The highest BCUT2D eigenvalue weighted by Gasteiger charge is 2.40. The number of ether oxygens (including phenoxy) is 2. The van der Waals surface area contributed by atoms with Gasteiger partial charge in [-0.2, -0.15) is 0 Å². The highest BCUT2D eigenvalue weighted by molar-refractivity contribution is 8.00. The third kappa shape index (κ3) is 4.69. The van der Waals surface area contributed by atoms with Gasteiger partial charge in [-0.1, -0.05) is 5.11 Å². The van der Waals surface area contributed by atoms with E-state index < -0.39 is 41.0 Å². The molecule has 34 heavy (non-hydrogen) atoms. The standard InChI is InChI=1S/C20H21N7O6S/c1-10-3-4-22-15(5-10)27-16(29)9-34-19(27)12-7-26(20(31)23-18(12)30)17-6-13(24-25-21)14(33-17)8-32-11(2)28/h3-5,7,13-14,17,19H,6,8-9H2,1-2H3,(H,23,30,31)/t13?,14-,17-,19?/m1/s1. The fourth-order valence-corrected chi connectivity index (χ4v) is 5.03. The summed E-state index contributed by atoms with van der Waals surface area (Å²) in [6.45, 7) is 2.95. The minimum absolute atomic E-state index is 0.126. The van der Waals surface area contributed by atoms with Crippen LogP contribution in [0.15, 0.2) is 39.2 Å². The number of azide groups is 1. The van der Waals surface area contributed by atoms with Gasteiger partial charge in [-0.25, -0.2) is 9.78 Å². The van der Waals surface area contributed by atoms with Crippen LogP contribution in [0.3, 0.4) is 0 Å². The molecule has 0 spiro atoms. The van der Waals surface area contributed by atoms with Crippen LogP contribution >= 0.6 is 11.8 Å². The maximum absolute atomic E-state index is 12.7. The van der Waals surface area contributed by atoms with Crippen LogP contribution in [-0.2, 0) is 19.1 Å². The molecular formula is C20H21N7O6S. The van der Waals surface area contributed by atoms with E-state index in [4.69, 9.17) is 15.0 Å². The number of aryl methyl sites for hydroxylation is 1. The van der Waals surface area contributed by atoms with Crippen molar-refractivity contribution in [2.45, 2.75) is 44.0 Å². The second-order valence-electron chi connectivity index (χ2n) is 7.81. The van der Waals surface area contributed by atoms with Crippen molar-refractivity contribution in [1.29, 1.82) is 0 Å². The fourth-order valence-electron chi connectivity index (χ4n) is 3.87. The molecule has 4 atom stereocenters. The van der Waals surface area contributed by atoms with E-state index in [-0.39, 0.29) is 30.3 Å². The molecule has 4 heterocycles. The predicted molar refractivity (Wildman–Crippen MR) is 121 cm³/mol. The van der Waals surface area contributed by atoms with Crippen LogP contribution in [0.5, 0.6) is 0 Å². The molecule has 13 nitrogen and oxygen atoms in total. The normalized spacial score (nSPS) is 24.2. The number of anilines is 1. The lowest BCUT2D eigenvalue weighted by molar-refractivity contribution is -0.146. The highest BCUT2D eigenvalue weighted by atomic mass is 32.2. The van der Waals surface area contributed by atoms with Crippen molar-refractivity contribution in [1.82, 2.24) is 14.5 Å². The lowest BCUT2D eigenvalue weighted by Crippen LogP contribution is -2.38. The molecule has 2 fully saturated rings. The summed E-state index contributed by atoms with van der Waals surface area (Å²) in [5.74, 6) is -0.197. The number of nitrogens with zero attached hydrogens (tertiary/aromatic N) is 6. The third-order valence-electron chi connectivity index (χ3n) is 5.44. The van der Waals surface area contributed by atoms with Gasteiger partial charge >= 0.3 is 11.7 Å². The van der Waals surface area contributed by atoms with E-state index in [0.29, 0.717) is 5.82 Å². The molecule has 2 aliphatic rings. The van der Waals surface area contributed by atoms with Gasteiger partial charge in [0.05, 0.1) is 17.4 Å². The van der Waals surface area contributed by atoms with Crippen LogP contribution in [0, 0.1) is 6.92 Å². The lowest BCUT2D eigenvalue weighted by atomic mass is 10.1. The number of pyridine rings is 1. The Labute approximate surface area is 196 Å². The van der Waals surface area contributed by atoms with Gasteiger partial charge in [-0.05, 0) is 30.2 Å². The Morgan fingerprint density at radius 1 is 1.44 bits per heavy atom. The van der Waals surface area contributed by atoms with Gasteiger partial charge in [-0.15, -0.1) is 11.8 Å². The Morgan fingerprint density at radius 2 is 2.24 bits per heavy atom. The van der Waals surface area contributed by atoms with Gasteiger partial charge < -0.3 is 9.47 Å². The Morgan fingerprint density at radius 3 is 2.94 bits per heavy atom. The van der Waals surface area contributed by atoms with Crippen molar-refractivity contribution in [2.75, 3.05) is 17.3 Å². The van der Waals surface area contributed by atoms with Gasteiger partial charge in [-0.3, -0.25) is 28.8 Å². The number of carbonyl (C=O) groups excluding carboxylic acids is 2. The van der Waals surface area contributed by atoms with Gasteiger partial charge in [0.1, 0.15) is 30.1 Å². The van der Waals surface area contributed by atoms with E-state index in [2.05, 4.69) is 20.0 Å². The third-order valence-corrected chi connectivity index (χ3v) is 6.64. The number of nitrogens with one attached hydrogen (secondary N) is 1. The Kier molecular flexibility index (Phi) is 6.72. The van der Waals surface area contributed by atoms with Crippen molar-refractivity contribution in [3.63, 3.8) is 0 Å². The first kappa shape index (κ1) is 23.5. The van der Waals surface area contributed by atoms with Crippen molar-refractivity contribution in [2.24, 2.45) is 5.11 Å². The minimum atomic E-state index is -0.883. The van der Waals surface area contributed by atoms with E-state index >= 15 is 0 Å². The number of hydrogen-bond acceptors (Lipinski definition) is 9. The van der Waals surface area contributed by atoms with Gasteiger partial charge in [0, 0.05) is 30.6 Å². The first-order valence-electron chi connectivity index (χ1n) is 10.3. The Hall–Kier alpha value is -3.61. The number of amides is 1. The predicted octanol–water partition coefficient (Wildman–Crippen LogP) is 1.55. The van der Waals surface area contributed by atoms with Crippen LogP contribution in [-0.4, -0.2) is 50.9 Å². The topological polar surface area (TPSA) is 172 Å². The fraction of sp³-hybridized carbons (Fsp3) is 0.450. The molecule has 0 radical (unpaired) electrons. The molecule has 178 valence electrons. The second-order valence-corrected chi connectivity index (χ2v) is 8.88. The molecule has 2 aromatic heterocycles. The van der Waals surface area contributed by atoms with Crippen molar-refractivity contribution < 1.29 is 19.1 Å². The maximum Gasteiger partial charge on any atom is 0.330 e. The van der Waals surface area contributed by atoms with Crippen LogP contribution in [0.1, 0.15) is 36.1 Å². The molecule has 2 aliphatic heterocycles. The van der Waals surface area contributed by atoms with Crippen molar-refractivity contribution in [3.8, 4) is 0 Å². The monoisotopic (exact) mass is 487 g/mol. The quantitative estimate of drug-likeness (QED) is 0.276. The molecule has 2 unspecified atom stereocenters. The number of carbonyl (C=O) groups is 2. The molecule has 14 heteroatoms. The molecular weight excluding hydrogens is 466 g/mol. The van der Waals surface area contributed by atoms with Gasteiger partial charge in [0.25, 0.3) is 5.56 Å². The Balaban J connectivity index is 1.68. The number of hydrogen-bond donors (Lipinski definition) is 1. The van der Waals surface area contributed by atoms with Crippen LogP contribution < -0.4 is 16.1 Å². The number of esters is 1. The van der Waals surface area contributed by atoms with Crippen molar-refractivity contribution >= 4 is 29.5 Å². The largest absolute Gasteiger partial charge is 0.463 e. The van der Waals surface area contributed by atoms with Crippen LogP contribution in [0.25, 0.3) is 10.4 Å². The summed E-state index contributed by atoms with van der Waals surface area (Å²) in [7, 11) is 0. The SMILES string of the molecule is CC(=O)OC[C@H]1O[C@@H](n2cc(C3SCC(=O)N3c3cc(C)ccn3)c(=O)[nH]c2=O)CC1N=[N+]=[N-]. The van der Waals surface area contributed by atoms with E-state index in [9.17, 15) is 19.2 Å². The van der Waals surface area contributed by atoms with E-state index in [1.165, 1.54) is 34.3 Å². The number of rotatable bonds is 6.